The van der Waals surface area contributed by atoms with Crippen molar-refractivity contribution in [2.45, 2.75) is 18.9 Å². The Hall–Kier alpha value is -2.28. The summed E-state index contributed by atoms with van der Waals surface area (Å²) in [6.07, 6.45) is 8.86. The molecule has 7 heteroatoms. The van der Waals surface area contributed by atoms with Gasteiger partial charge in [-0.05, 0) is 18.1 Å². The number of rotatable bonds is 3. The molecular formula is C16H19N5O2. The van der Waals surface area contributed by atoms with Crippen LogP contribution < -0.4 is 0 Å². The highest BCUT2D eigenvalue weighted by atomic mass is 16.5. The summed E-state index contributed by atoms with van der Waals surface area (Å²) in [4.78, 5) is 22.4. The van der Waals surface area contributed by atoms with Crippen molar-refractivity contribution in [2.24, 2.45) is 12.5 Å². The smallest absolute Gasteiger partial charge is 0.272 e. The fourth-order valence-corrected chi connectivity index (χ4v) is 3.60. The zero-order chi connectivity index (χ0) is 15.9. The van der Waals surface area contributed by atoms with Gasteiger partial charge >= 0.3 is 0 Å². The number of carbonyl (C=O) groups excluding carboxylic acids is 1. The Labute approximate surface area is 134 Å². The van der Waals surface area contributed by atoms with Crippen molar-refractivity contribution < 1.29 is 9.53 Å². The van der Waals surface area contributed by atoms with E-state index < -0.39 is 0 Å². The minimum absolute atomic E-state index is 0.0514. The summed E-state index contributed by atoms with van der Waals surface area (Å²) in [5.74, 6) is 0.0514. The van der Waals surface area contributed by atoms with Crippen LogP contribution in [0.2, 0.25) is 0 Å². The first-order valence-electron chi connectivity index (χ1n) is 7.78. The van der Waals surface area contributed by atoms with Gasteiger partial charge in [-0.15, -0.1) is 0 Å². The first kappa shape index (κ1) is 14.3. The van der Waals surface area contributed by atoms with Gasteiger partial charge in [-0.3, -0.25) is 9.48 Å². The number of nitrogens with zero attached hydrogens (tertiary/aromatic N) is 5. The summed E-state index contributed by atoms with van der Waals surface area (Å²) >= 11 is 0. The lowest BCUT2D eigenvalue weighted by Gasteiger charge is -2.47. The number of ether oxygens (including phenoxy) is 1. The van der Waals surface area contributed by atoms with Crippen molar-refractivity contribution in [1.82, 2.24) is 24.6 Å². The quantitative estimate of drug-likeness (QED) is 0.833. The molecule has 1 amide bonds. The summed E-state index contributed by atoms with van der Waals surface area (Å²) in [6, 6.07) is 1.76. The second-order valence-electron chi connectivity index (χ2n) is 6.59. The van der Waals surface area contributed by atoms with E-state index in [0.29, 0.717) is 5.69 Å². The molecule has 1 atom stereocenters. The molecule has 2 saturated heterocycles. The maximum absolute atomic E-state index is 12.4. The molecule has 0 aliphatic carbocycles. The largest absolute Gasteiger partial charge is 0.377 e. The minimum Gasteiger partial charge on any atom is -0.377 e. The summed E-state index contributed by atoms with van der Waals surface area (Å²) < 4.78 is 7.57. The number of aromatic nitrogens is 4. The van der Waals surface area contributed by atoms with Crippen molar-refractivity contribution >= 4 is 5.91 Å². The van der Waals surface area contributed by atoms with Crippen molar-refractivity contribution in [3.63, 3.8) is 0 Å². The van der Waals surface area contributed by atoms with Gasteiger partial charge in [0.05, 0.1) is 12.7 Å². The molecule has 4 rings (SSSR count). The molecular weight excluding hydrogens is 294 g/mol. The van der Waals surface area contributed by atoms with Gasteiger partial charge in [-0.1, -0.05) is 0 Å². The van der Waals surface area contributed by atoms with Crippen LogP contribution in [0.1, 0.15) is 22.5 Å². The summed E-state index contributed by atoms with van der Waals surface area (Å²) in [5, 5.41) is 4.06. The predicted octanol–water partition coefficient (Wildman–Crippen LogP) is 0.684. The summed E-state index contributed by atoms with van der Waals surface area (Å²) in [6.45, 7) is 2.25. The fraction of sp³-hybridized carbons (Fsp3) is 0.500. The van der Waals surface area contributed by atoms with E-state index in [4.69, 9.17) is 4.74 Å². The lowest BCUT2D eigenvalue weighted by molar-refractivity contribution is -0.00203. The van der Waals surface area contributed by atoms with Gasteiger partial charge in [0, 0.05) is 50.6 Å². The van der Waals surface area contributed by atoms with Crippen molar-refractivity contribution in [3.05, 3.63) is 42.2 Å². The van der Waals surface area contributed by atoms with Crippen molar-refractivity contribution in [3.8, 4) is 0 Å². The molecule has 23 heavy (non-hydrogen) atoms. The van der Waals surface area contributed by atoms with Crippen LogP contribution >= 0.6 is 0 Å². The van der Waals surface area contributed by atoms with Crippen LogP contribution in [0.4, 0.5) is 0 Å². The number of amides is 1. The highest BCUT2D eigenvalue weighted by Crippen LogP contribution is 2.42. The summed E-state index contributed by atoms with van der Waals surface area (Å²) in [5.41, 5.74) is 1.85. The van der Waals surface area contributed by atoms with Gasteiger partial charge in [0.25, 0.3) is 5.91 Å². The second-order valence-corrected chi connectivity index (χ2v) is 6.59. The van der Waals surface area contributed by atoms with Gasteiger partial charge in [0.2, 0.25) is 0 Å². The molecule has 0 saturated carbocycles. The van der Waals surface area contributed by atoms with Crippen molar-refractivity contribution in [1.29, 1.82) is 0 Å². The van der Waals surface area contributed by atoms with Gasteiger partial charge in [-0.2, -0.15) is 5.10 Å². The number of aryl methyl sites for hydroxylation is 1. The molecule has 0 aromatic carbocycles. The van der Waals surface area contributed by atoms with Crippen molar-refractivity contribution in [2.75, 3.05) is 19.7 Å². The van der Waals surface area contributed by atoms with Crippen LogP contribution in [0.25, 0.3) is 0 Å². The number of carbonyl (C=O) groups is 1. The highest BCUT2D eigenvalue weighted by molar-refractivity contribution is 5.93. The zero-order valence-electron chi connectivity index (χ0n) is 13.1. The third-order valence-electron chi connectivity index (χ3n) is 4.74. The molecule has 0 radical (unpaired) electrons. The molecule has 7 nitrogen and oxygen atoms in total. The van der Waals surface area contributed by atoms with Crippen LogP contribution in [0.3, 0.4) is 0 Å². The van der Waals surface area contributed by atoms with Crippen LogP contribution in [-0.4, -0.2) is 56.4 Å². The van der Waals surface area contributed by atoms with E-state index in [1.54, 1.807) is 24.0 Å². The van der Waals surface area contributed by atoms with Gasteiger partial charge < -0.3 is 9.64 Å². The molecule has 1 unspecified atom stereocenters. The monoisotopic (exact) mass is 313 g/mol. The highest BCUT2D eigenvalue weighted by Gasteiger charge is 2.50. The molecule has 120 valence electrons. The van der Waals surface area contributed by atoms with Crippen LogP contribution in [0, 0.1) is 5.41 Å². The lowest BCUT2D eigenvalue weighted by Crippen LogP contribution is -2.59. The van der Waals surface area contributed by atoms with E-state index >= 15 is 0 Å². The molecule has 2 fully saturated rings. The number of hydrogen-bond donors (Lipinski definition) is 0. The Morgan fingerprint density at radius 3 is 2.87 bits per heavy atom. The average molecular weight is 313 g/mol. The molecule has 4 heterocycles. The molecule has 0 N–H and O–H groups in total. The summed E-state index contributed by atoms with van der Waals surface area (Å²) in [7, 11) is 1.79. The predicted molar refractivity (Wildman–Crippen MR) is 81.6 cm³/mol. The lowest BCUT2D eigenvalue weighted by atomic mass is 9.77. The second kappa shape index (κ2) is 5.42. The van der Waals surface area contributed by atoms with Crippen LogP contribution in [0.15, 0.2) is 31.0 Å². The maximum Gasteiger partial charge on any atom is 0.272 e. The number of likely N-dealkylation sites (tertiary alicyclic amines) is 1. The van der Waals surface area contributed by atoms with Gasteiger partial charge in [0.15, 0.2) is 0 Å². The Morgan fingerprint density at radius 2 is 2.17 bits per heavy atom. The SMILES string of the molecule is Cn1nccc1C(=O)N1CC2(COC(Cc3cncnc3)C2)C1. The van der Waals surface area contributed by atoms with E-state index in [1.807, 2.05) is 17.3 Å². The van der Waals surface area contributed by atoms with E-state index in [9.17, 15) is 4.79 Å². The van der Waals surface area contributed by atoms with E-state index in [-0.39, 0.29) is 17.4 Å². The topological polar surface area (TPSA) is 73.1 Å². The minimum atomic E-state index is 0.0514. The van der Waals surface area contributed by atoms with E-state index in [2.05, 4.69) is 15.1 Å². The van der Waals surface area contributed by atoms with E-state index in [1.165, 1.54) is 6.33 Å². The third kappa shape index (κ3) is 2.61. The Morgan fingerprint density at radius 1 is 1.39 bits per heavy atom. The van der Waals surface area contributed by atoms with Gasteiger partial charge in [0.1, 0.15) is 12.0 Å². The molecule has 2 aliphatic rings. The third-order valence-corrected chi connectivity index (χ3v) is 4.74. The Bertz CT molecular complexity index is 708. The number of hydrogen-bond acceptors (Lipinski definition) is 5. The molecule has 2 aromatic rings. The Balaban J connectivity index is 1.35. The molecule has 2 aliphatic heterocycles. The first-order valence-corrected chi connectivity index (χ1v) is 7.78. The molecule has 2 aromatic heterocycles. The van der Waals surface area contributed by atoms with Crippen LogP contribution in [0.5, 0.6) is 0 Å². The first-order chi connectivity index (χ1) is 11.2. The van der Waals surface area contributed by atoms with Crippen LogP contribution in [-0.2, 0) is 18.2 Å². The van der Waals surface area contributed by atoms with Gasteiger partial charge in [-0.25, -0.2) is 9.97 Å². The van der Waals surface area contributed by atoms with E-state index in [0.717, 1.165) is 38.1 Å². The zero-order valence-corrected chi connectivity index (χ0v) is 13.1. The average Bonchev–Trinajstić information content (AvgIpc) is 3.13. The maximum atomic E-state index is 12.4. The molecule has 0 bridgehead atoms. The molecule has 1 spiro atoms. The standard InChI is InChI=1S/C16H19N5O2/c1-20-14(2-3-19-20)15(22)21-8-16(9-21)5-13(23-10-16)4-12-6-17-11-18-7-12/h2-3,6-7,11,13H,4-5,8-10H2,1H3. The normalized spacial score (nSPS) is 22.3. The Kier molecular flexibility index (Phi) is 3.37. The fourth-order valence-electron chi connectivity index (χ4n) is 3.60.